The van der Waals surface area contributed by atoms with Crippen LogP contribution < -0.4 is 11.1 Å². The number of carbonyl (C=O) groups is 1. The molecule has 2 aromatic rings. The molecule has 1 aliphatic carbocycles. The summed E-state index contributed by atoms with van der Waals surface area (Å²) in [6.45, 7) is 2.20. The Bertz CT molecular complexity index is 652. The number of aromatic nitrogens is 1. The van der Waals surface area contributed by atoms with Gasteiger partial charge in [0.05, 0.1) is 5.69 Å². The smallest absolute Gasteiger partial charge is 0.263 e. The lowest BCUT2D eigenvalue weighted by atomic mass is 9.83. The van der Waals surface area contributed by atoms with E-state index < -0.39 is 0 Å². The topological polar surface area (TPSA) is 68.0 Å². The normalized spacial score (nSPS) is 22.3. The first-order chi connectivity index (χ1) is 10.2. The highest BCUT2D eigenvalue weighted by molar-refractivity contribution is 7.21. The van der Waals surface area contributed by atoms with Gasteiger partial charge in [-0.1, -0.05) is 26.2 Å². The highest BCUT2D eigenvalue weighted by atomic mass is 32.1. The minimum Gasteiger partial charge on any atom is -0.397 e. The first-order valence-corrected chi connectivity index (χ1v) is 8.46. The van der Waals surface area contributed by atoms with E-state index in [4.69, 9.17) is 5.73 Å². The van der Waals surface area contributed by atoms with E-state index in [1.807, 2.05) is 12.1 Å². The fourth-order valence-corrected chi connectivity index (χ4v) is 4.21. The second kappa shape index (κ2) is 6.02. The van der Waals surface area contributed by atoms with Crippen molar-refractivity contribution in [3.05, 3.63) is 23.2 Å². The van der Waals surface area contributed by atoms with Gasteiger partial charge in [0.15, 0.2) is 0 Å². The number of hydrogen-bond donors (Lipinski definition) is 2. The van der Waals surface area contributed by atoms with Crippen LogP contribution in [0.3, 0.4) is 0 Å². The number of pyridine rings is 1. The lowest BCUT2D eigenvalue weighted by molar-refractivity contribution is 0.0910. The Morgan fingerprint density at radius 1 is 1.48 bits per heavy atom. The third kappa shape index (κ3) is 2.75. The van der Waals surface area contributed by atoms with Crippen molar-refractivity contribution in [2.75, 3.05) is 5.73 Å². The quantitative estimate of drug-likeness (QED) is 0.910. The Balaban J connectivity index is 1.82. The van der Waals surface area contributed by atoms with Gasteiger partial charge in [0.25, 0.3) is 5.91 Å². The van der Waals surface area contributed by atoms with Crippen molar-refractivity contribution < 1.29 is 4.79 Å². The number of amides is 1. The van der Waals surface area contributed by atoms with Gasteiger partial charge in [-0.15, -0.1) is 11.3 Å². The van der Waals surface area contributed by atoms with E-state index in [0.29, 0.717) is 16.5 Å². The molecule has 0 aromatic carbocycles. The molecule has 2 heterocycles. The molecule has 2 unspecified atom stereocenters. The average Bonchev–Trinajstić information content (AvgIpc) is 2.85. The fraction of sp³-hybridized carbons (Fsp3) is 0.500. The summed E-state index contributed by atoms with van der Waals surface area (Å²) < 4.78 is 0. The molecule has 21 heavy (non-hydrogen) atoms. The maximum atomic E-state index is 12.6. The molecule has 0 saturated heterocycles. The summed E-state index contributed by atoms with van der Waals surface area (Å²) in [5.41, 5.74) is 6.68. The summed E-state index contributed by atoms with van der Waals surface area (Å²) in [5.74, 6) is 0.553. The Hall–Kier alpha value is -1.62. The lowest BCUT2D eigenvalue weighted by Gasteiger charge is -2.31. The summed E-state index contributed by atoms with van der Waals surface area (Å²) in [7, 11) is 0. The van der Waals surface area contributed by atoms with Gasteiger partial charge in [-0.05, 0) is 30.9 Å². The summed E-state index contributed by atoms with van der Waals surface area (Å²) in [6, 6.07) is 4.05. The van der Waals surface area contributed by atoms with Gasteiger partial charge in [-0.3, -0.25) is 4.79 Å². The molecule has 2 aromatic heterocycles. The predicted molar refractivity (Wildman–Crippen MR) is 87.5 cm³/mol. The molecular weight excluding hydrogens is 282 g/mol. The van der Waals surface area contributed by atoms with Gasteiger partial charge in [-0.25, -0.2) is 4.98 Å². The van der Waals surface area contributed by atoms with Gasteiger partial charge in [-0.2, -0.15) is 0 Å². The number of anilines is 1. The van der Waals surface area contributed by atoms with Crippen LogP contribution in [0, 0.1) is 5.92 Å². The van der Waals surface area contributed by atoms with Crippen LogP contribution in [0.1, 0.15) is 48.7 Å². The van der Waals surface area contributed by atoms with E-state index in [-0.39, 0.29) is 11.9 Å². The molecule has 5 heteroatoms. The Morgan fingerprint density at radius 3 is 3.05 bits per heavy atom. The van der Waals surface area contributed by atoms with Gasteiger partial charge in [0.1, 0.15) is 9.71 Å². The molecular formula is C16H21N3OS. The minimum absolute atomic E-state index is 0.0409. The Labute approximate surface area is 128 Å². The Morgan fingerprint density at radius 2 is 2.29 bits per heavy atom. The number of nitrogens with one attached hydrogen (secondary N) is 1. The first-order valence-electron chi connectivity index (χ1n) is 7.64. The highest BCUT2D eigenvalue weighted by Gasteiger charge is 2.27. The molecule has 1 fully saturated rings. The molecule has 1 aliphatic rings. The van der Waals surface area contributed by atoms with Crippen molar-refractivity contribution in [1.29, 1.82) is 0 Å². The van der Waals surface area contributed by atoms with Gasteiger partial charge >= 0.3 is 0 Å². The van der Waals surface area contributed by atoms with Crippen LogP contribution >= 0.6 is 11.3 Å². The molecule has 1 amide bonds. The zero-order valence-electron chi connectivity index (χ0n) is 12.3. The minimum atomic E-state index is -0.0409. The molecule has 4 nitrogen and oxygen atoms in total. The number of hydrogen-bond acceptors (Lipinski definition) is 4. The molecule has 1 saturated carbocycles. The molecule has 112 valence electrons. The zero-order valence-corrected chi connectivity index (χ0v) is 13.1. The molecule has 0 aliphatic heterocycles. The first kappa shape index (κ1) is 14.3. The number of nitrogens with two attached hydrogens (primary N) is 1. The SMILES string of the molecule is CCC1CCCCC1NC(=O)c1sc2ncccc2c1N. The number of rotatable bonds is 3. The van der Waals surface area contributed by atoms with E-state index in [1.54, 1.807) is 6.20 Å². The number of nitrogens with zero attached hydrogens (tertiary/aromatic N) is 1. The molecule has 0 radical (unpaired) electrons. The van der Waals surface area contributed by atoms with Crippen molar-refractivity contribution in [3.8, 4) is 0 Å². The largest absolute Gasteiger partial charge is 0.397 e. The van der Waals surface area contributed by atoms with Crippen LogP contribution in [0.25, 0.3) is 10.2 Å². The number of nitrogen functional groups attached to an aromatic ring is 1. The zero-order chi connectivity index (χ0) is 14.8. The van der Waals surface area contributed by atoms with Gasteiger partial charge in [0, 0.05) is 17.6 Å². The van der Waals surface area contributed by atoms with E-state index in [9.17, 15) is 4.79 Å². The van der Waals surface area contributed by atoms with Gasteiger partial charge in [0.2, 0.25) is 0 Å². The van der Waals surface area contributed by atoms with Crippen molar-refractivity contribution in [3.63, 3.8) is 0 Å². The number of thiophene rings is 1. The van der Waals surface area contributed by atoms with Crippen molar-refractivity contribution in [1.82, 2.24) is 10.3 Å². The molecule has 3 rings (SSSR count). The molecule has 0 bridgehead atoms. The van der Waals surface area contributed by atoms with E-state index in [2.05, 4.69) is 17.2 Å². The fourth-order valence-electron chi connectivity index (χ4n) is 3.24. The third-order valence-electron chi connectivity index (χ3n) is 4.46. The van der Waals surface area contributed by atoms with Crippen molar-refractivity contribution in [2.24, 2.45) is 5.92 Å². The van der Waals surface area contributed by atoms with E-state index in [1.165, 1.54) is 30.6 Å². The van der Waals surface area contributed by atoms with Crippen molar-refractivity contribution in [2.45, 2.75) is 45.1 Å². The predicted octanol–water partition coefficient (Wildman–Crippen LogP) is 3.58. The summed E-state index contributed by atoms with van der Waals surface area (Å²) in [6.07, 6.45) is 7.62. The number of fused-ring (bicyclic) bond motifs is 1. The Kier molecular flexibility index (Phi) is 4.10. The third-order valence-corrected chi connectivity index (χ3v) is 5.59. The number of carbonyl (C=O) groups excluding carboxylic acids is 1. The monoisotopic (exact) mass is 303 g/mol. The van der Waals surface area contributed by atoms with Crippen LogP contribution in [-0.4, -0.2) is 16.9 Å². The van der Waals surface area contributed by atoms with E-state index >= 15 is 0 Å². The summed E-state index contributed by atoms with van der Waals surface area (Å²) in [5, 5.41) is 4.08. The second-order valence-electron chi connectivity index (χ2n) is 5.73. The van der Waals surface area contributed by atoms with Crippen LogP contribution in [0.4, 0.5) is 5.69 Å². The lowest BCUT2D eigenvalue weighted by Crippen LogP contribution is -2.41. The highest BCUT2D eigenvalue weighted by Crippen LogP contribution is 2.33. The van der Waals surface area contributed by atoms with Crippen LogP contribution in [-0.2, 0) is 0 Å². The average molecular weight is 303 g/mol. The maximum absolute atomic E-state index is 12.6. The van der Waals surface area contributed by atoms with Crippen LogP contribution in [0.15, 0.2) is 18.3 Å². The molecule has 3 N–H and O–H groups in total. The van der Waals surface area contributed by atoms with Gasteiger partial charge < -0.3 is 11.1 Å². The second-order valence-corrected chi connectivity index (χ2v) is 6.73. The van der Waals surface area contributed by atoms with Crippen molar-refractivity contribution >= 4 is 33.1 Å². The van der Waals surface area contributed by atoms with Crippen LogP contribution in [0.5, 0.6) is 0 Å². The summed E-state index contributed by atoms with van der Waals surface area (Å²) >= 11 is 1.38. The van der Waals surface area contributed by atoms with Crippen LogP contribution in [0.2, 0.25) is 0 Å². The summed E-state index contributed by atoms with van der Waals surface area (Å²) in [4.78, 5) is 18.3. The molecule has 0 spiro atoms. The maximum Gasteiger partial charge on any atom is 0.263 e. The standard InChI is InChI=1S/C16H21N3OS/c1-2-10-6-3-4-8-12(10)19-15(20)14-13(17)11-7-5-9-18-16(11)21-14/h5,7,9-10,12H,2-4,6,8,17H2,1H3,(H,19,20). The van der Waals surface area contributed by atoms with E-state index in [0.717, 1.165) is 23.1 Å². The molecule has 2 atom stereocenters.